The van der Waals surface area contributed by atoms with Gasteiger partial charge in [0.15, 0.2) is 12.4 Å². The van der Waals surface area contributed by atoms with Crippen molar-refractivity contribution >= 4 is 41.2 Å². The van der Waals surface area contributed by atoms with Gasteiger partial charge < -0.3 is 10.1 Å². The first-order chi connectivity index (χ1) is 14.7. The average molecular weight is 450 g/mol. The number of nitrogens with zero attached hydrogens (tertiary/aromatic N) is 1. The summed E-state index contributed by atoms with van der Waals surface area (Å²) in [6.45, 7) is 1.42. The zero-order valence-electron chi connectivity index (χ0n) is 17.1. The summed E-state index contributed by atoms with van der Waals surface area (Å²) in [4.78, 5) is 60.8. The number of amides is 4. The van der Waals surface area contributed by atoms with Gasteiger partial charge in [-0.15, -0.1) is 0 Å². The summed E-state index contributed by atoms with van der Waals surface area (Å²) in [5, 5.41) is 3.83. The second kappa shape index (κ2) is 9.47. The van der Waals surface area contributed by atoms with Gasteiger partial charge in [0.1, 0.15) is 5.54 Å². The topological polar surface area (TPSA) is 122 Å². The number of esters is 1. The zero-order valence-corrected chi connectivity index (χ0v) is 17.9. The van der Waals surface area contributed by atoms with Crippen LogP contribution in [0.4, 0.5) is 4.79 Å². The van der Waals surface area contributed by atoms with Crippen molar-refractivity contribution in [1.82, 2.24) is 15.8 Å². The molecule has 1 aromatic carbocycles. The molecule has 1 aliphatic heterocycles. The van der Waals surface area contributed by atoms with Crippen LogP contribution in [0.25, 0.3) is 0 Å². The van der Waals surface area contributed by atoms with Crippen LogP contribution < -0.4 is 10.7 Å². The van der Waals surface area contributed by atoms with Gasteiger partial charge >= 0.3 is 12.0 Å². The number of benzene rings is 1. The van der Waals surface area contributed by atoms with E-state index in [2.05, 4.69) is 17.7 Å². The number of carbonyl (C=O) groups is 5. The van der Waals surface area contributed by atoms with Crippen molar-refractivity contribution in [3.8, 4) is 0 Å². The molecule has 2 N–H and O–H groups in total. The number of ketones is 1. The lowest BCUT2D eigenvalue weighted by molar-refractivity contribution is -0.150. The number of halogens is 1. The highest BCUT2D eigenvalue weighted by Crippen LogP contribution is 2.35. The summed E-state index contributed by atoms with van der Waals surface area (Å²) in [5.74, 6) is -1.85. The molecule has 0 bridgehead atoms. The van der Waals surface area contributed by atoms with Crippen LogP contribution in [0.3, 0.4) is 0 Å². The zero-order chi connectivity index (χ0) is 22.6. The van der Waals surface area contributed by atoms with E-state index >= 15 is 0 Å². The van der Waals surface area contributed by atoms with E-state index in [4.69, 9.17) is 16.3 Å². The highest BCUT2D eigenvalue weighted by atomic mass is 35.5. The van der Waals surface area contributed by atoms with Gasteiger partial charge in [0.2, 0.25) is 0 Å². The Morgan fingerprint density at radius 3 is 2.45 bits per heavy atom. The van der Waals surface area contributed by atoms with E-state index < -0.39 is 36.0 Å². The van der Waals surface area contributed by atoms with E-state index in [-0.39, 0.29) is 18.6 Å². The quantitative estimate of drug-likeness (QED) is 0.374. The number of hydrogen-bond acceptors (Lipinski definition) is 6. The lowest BCUT2D eigenvalue weighted by atomic mass is 9.77. The van der Waals surface area contributed by atoms with Crippen molar-refractivity contribution in [2.45, 2.75) is 51.0 Å². The number of ether oxygens (including phenoxy) is 1. The predicted molar refractivity (Wildman–Crippen MR) is 110 cm³/mol. The second-order valence-electron chi connectivity index (χ2n) is 7.96. The Labute approximate surface area is 184 Å². The SMILES string of the molecule is CC1CCC2(CC1)NC(=O)N(NC(=O)COC(=O)CCC(=O)c1ccc(Cl)cc1)C2=O. The van der Waals surface area contributed by atoms with E-state index in [1.807, 2.05) is 0 Å². The van der Waals surface area contributed by atoms with Gasteiger partial charge in [0, 0.05) is 17.0 Å². The standard InChI is InChI=1S/C21H24ClN3O6/c1-13-8-10-21(11-9-13)19(29)25(20(30)23-21)24-17(27)12-31-18(28)7-6-16(26)14-2-4-15(22)5-3-14/h2-5,13H,6-12H2,1H3,(H,23,30)(H,24,27). The third-order valence-electron chi connectivity index (χ3n) is 5.61. The van der Waals surface area contributed by atoms with E-state index in [0.717, 1.165) is 12.8 Å². The number of nitrogens with one attached hydrogen (secondary N) is 2. The number of carbonyl (C=O) groups excluding carboxylic acids is 5. The third-order valence-corrected chi connectivity index (χ3v) is 5.86. The van der Waals surface area contributed by atoms with Gasteiger partial charge in [-0.2, -0.15) is 5.01 Å². The van der Waals surface area contributed by atoms with Crippen molar-refractivity contribution in [2.75, 3.05) is 6.61 Å². The molecular formula is C21H24ClN3O6. The van der Waals surface area contributed by atoms with Crippen LogP contribution in [-0.2, 0) is 19.1 Å². The maximum Gasteiger partial charge on any atom is 0.344 e. The third kappa shape index (κ3) is 5.41. The van der Waals surface area contributed by atoms with Crippen LogP contribution in [0.2, 0.25) is 5.02 Å². The molecule has 1 aliphatic carbocycles. The van der Waals surface area contributed by atoms with Crippen LogP contribution in [-0.4, -0.2) is 46.8 Å². The normalized spacial score (nSPS) is 22.9. The van der Waals surface area contributed by atoms with Crippen molar-refractivity contribution in [3.05, 3.63) is 34.9 Å². The Morgan fingerprint density at radius 1 is 1.16 bits per heavy atom. The van der Waals surface area contributed by atoms with Crippen molar-refractivity contribution in [1.29, 1.82) is 0 Å². The van der Waals surface area contributed by atoms with Gasteiger partial charge in [0.05, 0.1) is 6.42 Å². The molecule has 3 rings (SSSR count). The first-order valence-corrected chi connectivity index (χ1v) is 10.5. The maximum absolute atomic E-state index is 12.7. The van der Waals surface area contributed by atoms with Crippen molar-refractivity contribution in [2.24, 2.45) is 5.92 Å². The van der Waals surface area contributed by atoms with Crippen molar-refractivity contribution < 1.29 is 28.7 Å². The summed E-state index contributed by atoms with van der Waals surface area (Å²) in [5.41, 5.74) is 1.63. The molecule has 1 aromatic rings. The van der Waals surface area contributed by atoms with Crippen LogP contribution >= 0.6 is 11.6 Å². The predicted octanol–water partition coefficient (Wildman–Crippen LogP) is 2.38. The number of imide groups is 1. The minimum atomic E-state index is -0.977. The van der Waals surface area contributed by atoms with Gasteiger partial charge in [-0.25, -0.2) is 4.79 Å². The van der Waals surface area contributed by atoms with Gasteiger partial charge in [-0.05, 0) is 55.9 Å². The first kappa shape index (κ1) is 22.7. The molecule has 0 aromatic heterocycles. The largest absolute Gasteiger partial charge is 0.455 e. The first-order valence-electron chi connectivity index (χ1n) is 10.1. The molecule has 1 spiro atoms. The summed E-state index contributed by atoms with van der Waals surface area (Å²) < 4.78 is 4.85. The summed E-state index contributed by atoms with van der Waals surface area (Å²) in [6.07, 6.45) is 2.35. The molecule has 2 fully saturated rings. The smallest absolute Gasteiger partial charge is 0.344 e. The number of rotatable bonds is 7. The summed E-state index contributed by atoms with van der Waals surface area (Å²) >= 11 is 5.77. The number of Topliss-reactive ketones (excluding diaryl/α,β-unsaturated/α-hetero) is 1. The molecule has 0 radical (unpaired) electrons. The van der Waals surface area contributed by atoms with Gasteiger partial charge in [-0.3, -0.25) is 24.6 Å². The fourth-order valence-corrected chi connectivity index (χ4v) is 3.81. The summed E-state index contributed by atoms with van der Waals surface area (Å²) in [7, 11) is 0. The van der Waals surface area contributed by atoms with E-state index in [1.165, 1.54) is 0 Å². The molecule has 31 heavy (non-hydrogen) atoms. The van der Waals surface area contributed by atoms with Crippen LogP contribution in [0.5, 0.6) is 0 Å². The summed E-state index contributed by atoms with van der Waals surface area (Å²) in [6, 6.07) is 5.56. The number of urea groups is 1. The fraction of sp³-hybridized carbons (Fsp3) is 0.476. The molecule has 9 nitrogen and oxygen atoms in total. The lowest BCUT2D eigenvalue weighted by Gasteiger charge is -2.33. The van der Waals surface area contributed by atoms with Crippen LogP contribution in [0.1, 0.15) is 55.8 Å². The Bertz CT molecular complexity index is 893. The Balaban J connectivity index is 1.43. The van der Waals surface area contributed by atoms with Crippen LogP contribution in [0, 0.1) is 5.92 Å². The average Bonchev–Trinajstić information content (AvgIpc) is 2.97. The minimum absolute atomic E-state index is 0.0873. The van der Waals surface area contributed by atoms with E-state index in [0.29, 0.717) is 34.4 Å². The minimum Gasteiger partial charge on any atom is -0.455 e. The molecule has 2 aliphatic rings. The van der Waals surface area contributed by atoms with Gasteiger partial charge in [-0.1, -0.05) is 18.5 Å². The number of hydrogen-bond donors (Lipinski definition) is 2. The Morgan fingerprint density at radius 2 is 1.81 bits per heavy atom. The highest BCUT2D eigenvalue weighted by molar-refractivity contribution is 6.30. The fourth-order valence-electron chi connectivity index (χ4n) is 3.69. The second-order valence-corrected chi connectivity index (χ2v) is 8.40. The molecule has 0 atom stereocenters. The van der Waals surface area contributed by atoms with E-state index in [1.54, 1.807) is 24.3 Å². The molecule has 4 amide bonds. The maximum atomic E-state index is 12.7. The molecule has 166 valence electrons. The molecule has 1 heterocycles. The molecular weight excluding hydrogens is 426 g/mol. The van der Waals surface area contributed by atoms with Crippen LogP contribution in [0.15, 0.2) is 24.3 Å². The molecule has 1 saturated carbocycles. The molecule has 10 heteroatoms. The lowest BCUT2D eigenvalue weighted by Crippen LogP contribution is -2.52. The Hall–Kier alpha value is -2.94. The molecule has 0 unspecified atom stereocenters. The van der Waals surface area contributed by atoms with Gasteiger partial charge in [0.25, 0.3) is 11.8 Å². The highest BCUT2D eigenvalue weighted by Gasteiger charge is 2.52. The monoisotopic (exact) mass is 449 g/mol. The van der Waals surface area contributed by atoms with Crippen molar-refractivity contribution in [3.63, 3.8) is 0 Å². The molecule has 1 saturated heterocycles. The number of hydrazine groups is 1. The van der Waals surface area contributed by atoms with E-state index in [9.17, 15) is 24.0 Å². The Kier molecular flexibility index (Phi) is 6.94.